The minimum Gasteiger partial charge on any atom is -0.399 e. The number of fused-ring (bicyclic) bond motifs is 2. The van der Waals surface area contributed by atoms with Crippen LogP contribution < -0.4 is 0 Å². The molecule has 0 aliphatic carbocycles. The van der Waals surface area contributed by atoms with Gasteiger partial charge < -0.3 is 4.84 Å². The summed E-state index contributed by atoms with van der Waals surface area (Å²) in [6, 6.07) is 7.18. The second-order valence-corrected chi connectivity index (χ2v) is 8.15. The Hall–Kier alpha value is -0.900. The Morgan fingerprint density at radius 3 is 2.50 bits per heavy atom. The SMILES string of the molecule is CO/N=C/[C@@H]1[C@@H](c2ccc(Cl)c(Cl)c2)C[C@@H]2CC[C@H]1N2C.O=S(=O)(O)O. The van der Waals surface area contributed by atoms with E-state index in [9.17, 15) is 0 Å². The number of benzene rings is 1. The third kappa shape index (κ3) is 5.55. The van der Waals surface area contributed by atoms with Crippen LogP contribution in [0.2, 0.25) is 10.0 Å². The lowest BCUT2D eigenvalue weighted by molar-refractivity contribution is 0.131. The lowest BCUT2D eigenvalue weighted by Crippen LogP contribution is -2.46. The number of piperidine rings is 1. The zero-order valence-electron chi connectivity index (χ0n) is 14.4. The summed E-state index contributed by atoms with van der Waals surface area (Å²) < 4.78 is 31.6. The van der Waals surface area contributed by atoms with Crippen LogP contribution >= 0.6 is 23.2 Å². The summed E-state index contributed by atoms with van der Waals surface area (Å²) in [6.45, 7) is 0. The molecule has 10 heteroatoms. The molecular weight excluding hydrogens is 403 g/mol. The summed E-state index contributed by atoms with van der Waals surface area (Å²) >= 11 is 12.2. The maximum atomic E-state index is 8.74. The van der Waals surface area contributed by atoms with E-state index in [2.05, 4.69) is 23.2 Å². The number of halogens is 2. The van der Waals surface area contributed by atoms with Gasteiger partial charge in [-0.2, -0.15) is 8.42 Å². The van der Waals surface area contributed by atoms with Crippen molar-refractivity contribution in [1.82, 2.24) is 4.90 Å². The molecule has 2 N–H and O–H groups in total. The monoisotopic (exact) mass is 424 g/mol. The molecule has 2 saturated heterocycles. The van der Waals surface area contributed by atoms with E-state index >= 15 is 0 Å². The topological polar surface area (TPSA) is 99.4 Å². The van der Waals surface area contributed by atoms with Crippen LogP contribution in [0.15, 0.2) is 23.4 Å². The number of nitrogens with zero attached hydrogens (tertiary/aromatic N) is 2. The van der Waals surface area contributed by atoms with Gasteiger partial charge in [0.05, 0.1) is 10.0 Å². The predicted molar refractivity (Wildman–Crippen MR) is 102 cm³/mol. The molecule has 2 bridgehead atoms. The van der Waals surface area contributed by atoms with Gasteiger partial charge in [-0.1, -0.05) is 34.4 Å². The lowest BCUT2D eigenvalue weighted by atomic mass is 9.77. The quantitative estimate of drug-likeness (QED) is 0.437. The molecule has 0 saturated carbocycles. The summed E-state index contributed by atoms with van der Waals surface area (Å²) in [5.74, 6) is 0.776. The fraction of sp³-hybridized carbons (Fsp3) is 0.562. The molecule has 1 aromatic rings. The Bertz CT molecular complexity index is 751. The summed E-state index contributed by atoms with van der Waals surface area (Å²) in [7, 11) is -0.851. The summed E-state index contributed by atoms with van der Waals surface area (Å²) in [5.41, 5.74) is 1.25. The van der Waals surface area contributed by atoms with E-state index in [0.29, 0.717) is 34.0 Å². The van der Waals surface area contributed by atoms with E-state index in [1.165, 1.54) is 18.4 Å². The molecule has 146 valence electrons. The minimum atomic E-state index is -4.67. The normalized spacial score (nSPS) is 28.7. The van der Waals surface area contributed by atoms with Crippen LogP contribution in [-0.4, -0.2) is 54.9 Å². The highest BCUT2D eigenvalue weighted by Gasteiger charge is 2.45. The minimum absolute atomic E-state index is 0.353. The molecule has 2 heterocycles. The van der Waals surface area contributed by atoms with Gasteiger partial charge in [0, 0.05) is 24.2 Å². The number of oxime groups is 1. The highest BCUT2D eigenvalue weighted by molar-refractivity contribution is 7.79. The van der Waals surface area contributed by atoms with Crippen LogP contribution in [0.25, 0.3) is 0 Å². The van der Waals surface area contributed by atoms with Crippen molar-refractivity contribution in [3.63, 3.8) is 0 Å². The third-order valence-corrected chi connectivity index (χ3v) is 5.78. The van der Waals surface area contributed by atoms with Crippen LogP contribution in [0.4, 0.5) is 0 Å². The van der Waals surface area contributed by atoms with Crippen molar-refractivity contribution < 1.29 is 22.4 Å². The Balaban J connectivity index is 0.000000431. The second-order valence-electron chi connectivity index (χ2n) is 6.44. The van der Waals surface area contributed by atoms with Gasteiger partial charge in [-0.3, -0.25) is 14.0 Å². The van der Waals surface area contributed by atoms with Crippen LogP contribution in [0.3, 0.4) is 0 Å². The molecule has 4 atom stereocenters. The van der Waals surface area contributed by atoms with Crippen molar-refractivity contribution >= 4 is 39.8 Å². The smallest absolute Gasteiger partial charge is 0.394 e. The Morgan fingerprint density at radius 1 is 1.27 bits per heavy atom. The average molecular weight is 425 g/mol. The highest BCUT2D eigenvalue weighted by atomic mass is 35.5. The molecule has 26 heavy (non-hydrogen) atoms. The van der Waals surface area contributed by atoms with Crippen LogP contribution in [-0.2, 0) is 15.2 Å². The predicted octanol–water partition coefficient (Wildman–Crippen LogP) is 3.54. The zero-order valence-corrected chi connectivity index (χ0v) is 16.7. The summed E-state index contributed by atoms with van der Waals surface area (Å²) in [6.07, 6.45) is 5.58. The Morgan fingerprint density at radius 2 is 1.92 bits per heavy atom. The largest absolute Gasteiger partial charge is 0.399 e. The van der Waals surface area contributed by atoms with Crippen molar-refractivity contribution in [2.24, 2.45) is 11.1 Å². The van der Waals surface area contributed by atoms with Crippen molar-refractivity contribution in [3.8, 4) is 0 Å². The lowest BCUT2D eigenvalue weighted by Gasteiger charge is -2.41. The Labute approximate surface area is 163 Å². The van der Waals surface area contributed by atoms with Crippen molar-refractivity contribution in [3.05, 3.63) is 33.8 Å². The maximum absolute atomic E-state index is 8.74. The first-order chi connectivity index (χ1) is 12.1. The molecular formula is C16H22Cl2N2O5S. The average Bonchev–Trinajstić information content (AvgIpc) is 2.78. The molecule has 1 aromatic carbocycles. The van der Waals surface area contributed by atoms with Gasteiger partial charge in [-0.15, -0.1) is 0 Å². The van der Waals surface area contributed by atoms with Gasteiger partial charge in [0.15, 0.2) is 0 Å². The Kier molecular flexibility index (Phi) is 7.29. The molecule has 2 fully saturated rings. The molecule has 0 aromatic heterocycles. The van der Waals surface area contributed by atoms with Crippen LogP contribution in [0.5, 0.6) is 0 Å². The standard InChI is InChI=1S/C16H20Cl2N2O.H2O4S/c1-20-11-4-6-16(20)13(9-19-21-2)12(8-11)10-3-5-14(17)15(18)7-10;1-5(2,3)4/h3,5,7,9,11-13,16H,4,6,8H2,1-2H3;(H2,1,2,3,4)/b19-9+;/t11-,12+,13+,16+;/m0./s1. The van der Waals surface area contributed by atoms with E-state index in [-0.39, 0.29) is 0 Å². The number of hydrogen-bond acceptors (Lipinski definition) is 5. The first-order valence-electron chi connectivity index (χ1n) is 8.05. The second kappa shape index (κ2) is 8.86. The molecule has 2 aliphatic rings. The van der Waals surface area contributed by atoms with Gasteiger partial charge in [0.1, 0.15) is 7.11 Å². The van der Waals surface area contributed by atoms with Crippen LogP contribution in [0, 0.1) is 5.92 Å². The van der Waals surface area contributed by atoms with E-state index in [1.54, 1.807) is 7.11 Å². The van der Waals surface area contributed by atoms with Gasteiger partial charge in [-0.25, -0.2) is 0 Å². The summed E-state index contributed by atoms with van der Waals surface area (Å²) in [4.78, 5) is 7.42. The molecule has 2 aliphatic heterocycles. The number of hydrogen-bond donors (Lipinski definition) is 2. The highest BCUT2D eigenvalue weighted by Crippen LogP contribution is 2.46. The molecule has 3 rings (SSSR count). The van der Waals surface area contributed by atoms with Gasteiger partial charge in [0.25, 0.3) is 0 Å². The molecule has 0 spiro atoms. The molecule has 0 unspecified atom stereocenters. The molecule has 0 radical (unpaired) electrons. The molecule has 0 amide bonds. The number of rotatable bonds is 3. The summed E-state index contributed by atoms with van der Waals surface area (Å²) in [5, 5.41) is 5.29. The maximum Gasteiger partial charge on any atom is 0.394 e. The third-order valence-electron chi connectivity index (χ3n) is 5.04. The fourth-order valence-corrected chi connectivity index (χ4v) is 4.25. The van der Waals surface area contributed by atoms with E-state index in [1.807, 2.05) is 18.3 Å². The van der Waals surface area contributed by atoms with Gasteiger partial charge in [0.2, 0.25) is 0 Å². The van der Waals surface area contributed by atoms with E-state index in [0.717, 1.165) is 6.42 Å². The van der Waals surface area contributed by atoms with Crippen molar-refractivity contribution in [2.75, 3.05) is 14.2 Å². The van der Waals surface area contributed by atoms with E-state index < -0.39 is 10.4 Å². The van der Waals surface area contributed by atoms with Crippen LogP contribution in [0.1, 0.15) is 30.7 Å². The molecule has 7 nitrogen and oxygen atoms in total. The zero-order chi connectivity index (χ0) is 19.5. The van der Waals surface area contributed by atoms with Crippen molar-refractivity contribution in [2.45, 2.75) is 37.3 Å². The fourth-order valence-electron chi connectivity index (χ4n) is 3.94. The van der Waals surface area contributed by atoms with E-state index in [4.69, 9.17) is 45.6 Å². The van der Waals surface area contributed by atoms with Crippen molar-refractivity contribution in [1.29, 1.82) is 0 Å². The van der Waals surface area contributed by atoms with Gasteiger partial charge >= 0.3 is 10.4 Å². The first kappa shape index (κ1) is 21.4. The first-order valence-corrected chi connectivity index (χ1v) is 10.2. The van der Waals surface area contributed by atoms with Gasteiger partial charge in [-0.05, 0) is 49.9 Å².